The second-order valence-electron chi connectivity index (χ2n) is 8.30. The van der Waals surface area contributed by atoms with E-state index in [9.17, 15) is 27.6 Å². The second-order valence-corrected chi connectivity index (χ2v) is 8.30. The lowest BCUT2D eigenvalue weighted by molar-refractivity contribution is -0.138. The summed E-state index contributed by atoms with van der Waals surface area (Å²) < 4.78 is 53.8. The summed E-state index contributed by atoms with van der Waals surface area (Å²) in [6.45, 7) is 0.416. The van der Waals surface area contributed by atoms with Crippen LogP contribution in [0.25, 0.3) is 11.3 Å². The number of rotatable bonds is 4. The Labute approximate surface area is 193 Å². The molecular formula is C25H20F4N4O. The number of pyridine rings is 2. The van der Waals surface area contributed by atoms with E-state index in [2.05, 4.69) is 16.0 Å². The number of hydrogen-bond acceptors (Lipinski definition) is 4. The van der Waals surface area contributed by atoms with E-state index in [1.54, 1.807) is 47.8 Å². The van der Waals surface area contributed by atoms with E-state index < -0.39 is 23.0 Å². The van der Waals surface area contributed by atoms with Gasteiger partial charge in [-0.1, -0.05) is 6.07 Å². The number of nitriles is 1. The van der Waals surface area contributed by atoms with Gasteiger partial charge >= 0.3 is 6.18 Å². The summed E-state index contributed by atoms with van der Waals surface area (Å²) in [6.07, 6.45) is 0.300. The quantitative estimate of drug-likeness (QED) is 0.488. The first-order valence-electron chi connectivity index (χ1n) is 10.6. The smallest absolute Gasteiger partial charge is 0.338 e. The van der Waals surface area contributed by atoms with Gasteiger partial charge in [-0.05, 0) is 61.2 Å². The van der Waals surface area contributed by atoms with Crippen LogP contribution in [0.15, 0.2) is 61.1 Å². The Morgan fingerprint density at radius 1 is 1.09 bits per heavy atom. The number of benzene rings is 1. The molecule has 0 aliphatic carbocycles. The van der Waals surface area contributed by atoms with Crippen LogP contribution in [-0.4, -0.2) is 33.9 Å². The van der Waals surface area contributed by atoms with Crippen molar-refractivity contribution in [2.45, 2.75) is 25.4 Å². The molecule has 3 heterocycles. The van der Waals surface area contributed by atoms with Crippen molar-refractivity contribution >= 4 is 5.91 Å². The molecule has 1 fully saturated rings. The van der Waals surface area contributed by atoms with Gasteiger partial charge in [0, 0.05) is 37.2 Å². The van der Waals surface area contributed by atoms with Gasteiger partial charge in [0.2, 0.25) is 0 Å². The molecule has 1 saturated heterocycles. The Balaban J connectivity index is 1.54. The van der Waals surface area contributed by atoms with Gasteiger partial charge in [-0.3, -0.25) is 14.8 Å². The number of carbonyl (C=O) groups is 1. The maximum atomic E-state index is 13.5. The highest BCUT2D eigenvalue weighted by molar-refractivity contribution is 5.99. The van der Waals surface area contributed by atoms with Crippen LogP contribution < -0.4 is 0 Å². The zero-order chi connectivity index (χ0) is 24.3. The van der Waals surface area contributed by atoms with Crippen LogP contribution in [0.2, 0.25) is 0 Å². The molecule has 1 amide bonds. The predicted octanol–water partition coefficient (Wildman–Crippen LogP) is 5.29. The number of likely N-dealkylation sites (tertiary alicyclic amines) is 1. The molecule has 0 saturated carbocycles. The summed E-state index contributed by atoms with van der Waals surface area (Å²) in [5.41, 5.74) is -0.639. The molecule has 1 aliphatic heterocycles. The normalized spacial score (nSPS) is 15.6. The maximum Gasteiger partial charge on any atom is 0.416 e. The molecule has 1 aromatic carbocycles. The van der Waals surface area contributed by atoms with E-state index in [0.29, 0.717) is 17.3 Å². The number of nitrogens with zero attached hydrogens (tertiary/aromatic N) is 4. The molecular weight excluding hydrogens is 448 g/mol. The number of hydrogen-bond donors (Lipinski definition) is 0. The van der Waals surface area contributed by atoms with Crippen molar-refractivity contribution in [3.05, 3.63) is 83.6 Å². The lowest BCUT2D eigenvalue weighted by Crippen LogP contribution is -2.44. The van der Waals surface area contributed by atoms with Gasteiger partial charge in [0.15, 0.2) is 0 Å². The van der Waals surface area contributed by atoms with Crippen molar-refractivity contribution in [1.29, 1.82) is 5.26 Å². The molecule has 174 valence electrons. The largest absolute Gasteiger partial charge is 0.416 e. The molecule has 3 aromatic rings. The summed E-state index contributed by atoms with van der Waals surface area (Å²) in [4.78, 5) is 23.2. The highest BCUT2D eigenvalue weighted by atomic mass is 19.4. The fourth-order valence-corrected chi connectivity index (χ4v) is 4.29. The fraction of sp³-hybridized carbons (Fsp3) is 0.280. The van der Waals surface area contributed by atoms with E-state index in [1.165, 1.54) is 0 Å². The van der Waals surface area contributed by atoms with Crippen LogP contribution in [-0.2, 0) is 12.6 Å². The third kappa shape index (κ3) is 4.76. The Kier molecular flexibility index (Phi) is 6.33. The summed E-state index contributed by atoms with van der Waals surface area (Å²) in [6, 6.07) is 11.5. The summed E-state index contributed by atoms with van der Waals surface area (Å²) in [5, 5.41) is 9.86. The number of aromatic nitrogens is 2. The molecule has 0 radical (unpaired) electrons. The molecule has 4 rings (SSSR count). The SMILES string of the molecule is N#CC1(Cc2ccc(F)cc2C(F)(F)F)CCN(C(=O)c2cccnc2-c2ccncc2)CC1. The Morgan fingerprint density at radius 3 is 2.44 bits per heavy atom. The third-order valence-electron chi connectivity index (χ3n) is 6.14. The predicted molar refractivity (Wildman–Crippen MR) is 116 cm³/mol. The molecule has 0 N–H and O–H groups in total. The van der Waals surface area contributed by atoms with E-state index >= 15 is 0 Å². The molecule has 0 bridgehead atoms. The average Bonchev–Trinajstić information content (AvgIpc) is 2.85. The Hall–Kier alpha value is -3.80. The van der Waals surface area contributed by atoms with Crippen LogP contribution in [0.5, 0.6) is 0 Å². The number of piperidine rings is 1. The number of halogens is 4. The Bertz CT molecular complexity index is 1230. The summed E-state index contributed by atoms with van der Waals surface area (Å²) in [7, 11) is 0. The zero-order valence-electron chi connectivity index (χ0n) is 18.0. The lowest BCUT2D eigenvalue weighted by atomic mass is 9.74. The van der Waals surface area contributed by atoms with Crippen LogP contribution in [0.4, 0.5) is 17.6 Å². The first-order chi connectivity index (χ1) is 16.2. The fourth-order valence-electron chi connectivity index (χ4n) is 4.29. The summed E-state index contributed by atoms with van der Waals surface area (Å²) >= 11 is 0. The number of carbonyl (C=O) groups excluding carboxylic acids is 1. The molecule has 0 atom stereocenters. The van der Waals surface area contributed by atoms with Crippen molar-refractivity contribution in [3.63, 3.8) is 0 Å². The van der Waals surface area contributed by atoms with Gasteiger partial charge in [-0.15, -0.1) is 0 Å². The average molecular weight is 468 g/mol. The third-order valence-corrected chi connectivity index (χ3v) is 6.14. The van der Waals surface area contributed by atoms with Crippen molar-refractivity contribution in [2.75, 3.05) is 13.1 Å². The first kappa shape index (κ1) is 23.4. The molecule has 1 aliphatic rings. The van der Waals surface area contributed by atoms with Crippen molar-refractivity contribution in [1.82, 2.24) is 14.9 Å². The van der Waals surface area contributed by atoms with E-state index in [0.717, 1.165) is 17.7 Å². The number of alkyl halides is 3. The van der Waals surface area contributed by atoms with E-state index in [-0.39, 0.29) is 43.8 Å². The topological polar surface area (TPSA) is 69.9 Å². The zero-order valence-corrected chi connectivity index (χ0v) is 18.0. The molecule has 34 heavy (non-hydrogen) atoms. The number of amides is 1. The lowest BCUT2D eigenvalue weighted by Gasteiger charge is -2.38. The standard InChI is InChI=1S/C25H20F4N4O/c26-19-4-3-18(21(14-19)25(27,28)29)15-24(16-30)7-12-33(13-8-24)23(34)20-2-1-9-32-22(20)17-5-10-31-11-6-17/h1-6,9-11,14H,7-8,12-13,15H2. The first-order valence-corrected chi connectivity index (χ1v) is 10.6. The highest BCUT2D eigenvalue weighted by Crippen LogP contribution is 2.40. The van der Waals surface area contributed by atoms with Gasteiger partial charge in [-0.25, -0.2) is 4.39 Å². The van der Waals surface area contributed by atoms with Crippen LogP contribution in [0, 0.1) is 22.6 Å². The minimum absolute atomic E-state index is 0.123. The molecule has 5 nitrogen and oxygen atoms in total. The minimum atomic E-state index is -4.73. The maximum absolute atomic E-state index is 13.5. The van der Waals surface area contributed by atoms with Crippen LogP contribution in [0.3, 0.4) is 0 Å². The highest BCUT2D eigenvalue weighted by Gasteiger charge is 2.40. The minimum Gasteiger partial charge on any atom is -0.338 e. The summed E-state index contributed by atoms with van der Waals surface area (Å²) in [5.74, 6) is -1.24. The van der Waals surface area contributed by atoms with Crippen LogP contribution in [0.1, 0.15) is 34.3 Å². The van der Waals surface area contributed by atoms with E-state index in [4.69, 9.17) is 0 Å². The Morgan fingerprint density at radius 2 is 1.79 bits per heavy atom. The molecule has 9 heteroatoms. The van der Waals surface area contributed by atoms with Crippen molar-refractivity contribution in [3.8, 4) is 17.3 Å². The van der Waals surface area contributed by atoms with Gasteiger partial charge in [0.05, 0.1) is 28.3 Å². The van der Waals surface area contributed by atoms with Crippen molar-refractivity contribution < 1.29 is 22.4 Å². The van der Waals surface area contributed by atoms with Gasteiger partial charge in [-0.2, -0.15) is 18.4 Å². The molecule has 0 spiro atoms. The second kappa shape index (κ2) is 9.21. The van der Waals surface area contributed by atoms with Gasteiger partial charge in [0.25, 0.3) is 5.91 Å². The molecule has 2 aromatic heterocycles. The molecule has 0 unspecified atom stereocenters. The van der Waals surface area contributed by atoms with Crippen molar-refractivity contribution in [2.24, 2.45) is 5.41 Å². The van der Waals surface area contributed by atoms with Gasteiger partial charge in [0.1, 0.15) is 5.82 Å². The van der Waals surface area contributed by atoms with Crippen LogP contribution >= 0.6 is 0 Å². The van der Waals surface area contributed by atoms with E-state index in [1.807, 2.05) is 0 Å². The van der Waals surface area contributed by atoms with Gasteiger partial charge < -0.3 is 4.90 Å². The monoisotopic (exact) mass is 468 g/mol.